The van der Waals surface area contributed by atoms with E-state index in [1.807, 2.05) is 18.3 Å². The van der Waals surface area contributed by atoms with Gasteiger partial charge in [-0.05, 0) is 30.7 Å². The third-order valence-corrected chi connectivity index (χ3v) is 2.87. The van der Waals surface area contributed by atoms with E-state index in [-0.39, 0.29) is 0 Å². The van der Waals surface area contributed by atoms with Crippen molar-refractivity contribution in [1.82, 2.24) is 10.3 Å². The predicted molar refractivity (Wildman–Crippen MR) is 68.5 cm³/mol. The quantitative estimate of drug-likeness (QED) is 0.844. The van der Waals surface area contributed by atoms with Gasteiger partial charge < -0.3 is 5.32 Å². The Bertz CT molecular complexity index is 465. The van der Waals surface area contributed by atoms with Crippen molar-refractivity contribution in [2.75, 3.05) is 6.54 Å². The van der Waals surface area contributed by atoms with Crippen LogP contribution < -0.4 is 5.32 Å². The highest BCUT2D eigenvalue weighted by molar-refractivity contribution is 5.78. The van der Waals surface area contributed by atoms with Crippen LogP contribution >= 0.6 is 0 Å². The Morgan fingerprint density at radius 2 is 2.06 bits per heavy atom. The molecular weight excluding hydrogens is 196 g/mol. The summed E-state index contributed by atoms with van der Waals surface area (Å²) >= 11 is 0. The van der Waals surface area contributed by atoms with E-state index in [1.54, 1.807) is 0 Å². The van der Waals surface area contributed by atoms with Crippen LogP contribution in [0.1, 0.15) is 31.9 Å². The minimum Gasteiger partial charge on any atom is -0.310 e. The lowest BCUT2D eigenvalue weighted by molar-refractivity contribution is 0.536. The molecule has 0 bridgehead atoms. The first-order valence-electron chi connectivity index (χ1n) is 5.93. The summed E-state index contributed by atoms with van der Waals surface area (Å²) < 4.78 is 0. The average Bonchev–Trinajstić information content (AvgIpc) is 2.35. The molecule has 0 saturated heterocycles. The summed E-state index contributed by atoms with van der Waals surface area (Å²) in [5, 5.41) is 4.69. The molecule has 0 saturated carbocycles. The molecule has 1 N–H and O–H groups in total. The number of pyridine rings is 1. The van der Waals surface area contributed by atoms with Crippen molar-refractivity contribution in [3.8, 4) is 0 Å². The Kier molecular flexibility index (Phi) is 3.52. The summed E-state index contributed by atoms with van der Waals surface area (Å²) in [7, 11) is 0. The summed E-state index contributed by atoms with van der Waals surface area (Å²) in [6.07, 6.45) is 3.08. The SMILES string of the molecule is CCNC(CC)c1cnc2ccccc2c1. The van der Waals surface area contributed by atoms with E-state index in [2.05, 4.69) is 42.3 Å². The van der Waals surface area contributed by atoms with Gasteiger partial charge in [-0.15, -0.1) is 0 Å². The lowest BCUT2D eigenvalue weighted by atomic mass is 10.0. The van der Waals surface area contributed by atoms with Crippen molar-refractivity contribution in [1.29, 1.82) is 0 Å². The Morgan fingerprint density at radius 1 is 1.25 bits per heavy atom. The van der Waals surface area contributed by atoms with Crippen LogP contribution in [0.15, 0.2) is 36.5 Å². The van der Waals surface area contributed by atoms with E-state index in [0.717, 1.165) is 18.5 Å². The molecule has 2 aromatic rings. The first kappa shape index (κ1) is 11.1. The molecule has 0 spiro atoms. The lowest BCUT2D eigenvalue weighted by Crippen LogP contribution is -2.20. The van der Waals surface area contributed by atoms with Crippen molar-refractivity contribution in [2.45, 2.75) is 26.3 Å². The van der Waals surface area contributed by atoms with Crippen molar-refractivity contribution in [2.24, 2.45) is 0 Å². The second-order valence-corrected chi connectivity index (χ2v) is 3.98. The van der Waals surface area contributed by atoms with Gasteiger partial charge in [0.2, 0.25) is 0 Å². The van der Waals surface area contributed by atoms with Gasteiger partial charge in [0.15, 0.2) is 0 Å². The third-order valence-electron chi connectivity index (χ3n) is 2.87. The van der Waals surface area contributed by atoms with Crippen LogP contribution in [0.2, 0.25) is 0 Å². The van der Waals surface area contributed by atoms with Crippen molar-refractivity contribution in [3.05, 3.63) is 42.1 Å². The number of hydrogen-bond acceptors (Lipinski definition) is 2. The maximum absolute atomic E-state index is 4.49. The minimum absolute atomic E-state index is 0.419. The molecule has 0 aliphatic heterocycles. The summed E-state index contributed by atoms with van der Waals surface area (Å²) in [6.45, 7) is 5.32. The molecule has 1 aromatic heterocycles. The van der Waals surface area contributed by atoms with E-state index < -0.39 is 0 Å². The van der Waals surface area contributed by atoms with Crippen LogP contribution in [0.3, 0.4) is 0 Å². The molecule has 1 unspecified atom stereocenters. The number of aromatic nitrogens is 1. The molecule has 2 heteroatoms. The van der Waals surface area contributed by atoms with Gasteiger partial charge in [0, 0.05) is 17.6 Å². The van der Waals surface area contributed by atoms with Crippen molar-refractivity contribution in [3.63, 3.8) is 0 Å². The molecule has 84 valence electrons. The molecular formula is C14H18N2. The van der Waals surface area contributed by atoms with Gasteiger partial charge in [0.1, 0.15) is 0 Å². The van der Waals surface area contributed by atoms with Gasteiger partial charge in [-0.25, -0.2) is 0 Å². The first-order chi connectivity index (χ1) is 7.85. The number of rotatable bonds is 4. The predicted octanol–water partition coefficient (Wildman–Crippen LogP) is 3.30. The van der Waals surface area contributed by atoms with E-state index >= 15 is 0 Å². The third kappa shape index (κ3) is 2.22. The summed E-state index contributed by atoms with van der Waals surface area (Å²) in [5.74, 6) is 0. The van der Waals surface area contributed by atoms with E-state index in [9.17, 15) is 0 Å². The second-order valence-electron chi connectivity index (χ2n) is 3.98. The fourth-order valence-electron chi connectivity index (χ4n) is 2.02. The number of fused-ring (bicyclic) bond motifs is 1. The zero-order valence-corrected chi connectivity index (χ0v) is 9.90. The number of para-hydroxylation sites is 1. The maximum atomic E-state index is 4.49. The molecule has 0 amide bonds. The van der Waals surface area contributed by atoms with Crippen LogP contribution in [0.4, 0.5) is 0 Å². The Labute approximate surface area is 96.7 Å². The standard InChI is InChI=1S/C14H18N2/c1-3-13(15-4-2)12-9-11-7-5-6-8-14(11)16-10-12/h5-10,13,15H,3-4H2,1-2H3. The van der Waals surface area contributed by atoms with Gasteiger partial charge in [-0.3, -0.25) is 4.98 Å². The normalized spacial score (nSPS) is 12.9. The van der Waals surface area contributed by atoms with Gasteiger partial charge in [-0.2, -0.15) is 0 Å². The van der Waals surface area contributed by atoms with E-state index in [0.29, 0.717) is 6.04 Å². The smallest absolute Gasteiger partial charge is 0.0702 e. The summed E-state index contributed by atoms with van der Waals surface area (Å²) in [5.41, 5.74) is 2.35. The fourth-order valence-corrected chi connectivity index (χ4v) is 2.02. The number of nitrogens with one attached hydrogen (secondary N) is 1. The zero-order chi connectivity index (χ0) is 11.4. The molecule has 0 radical (unpaired) electrons. The van der Waals surface area contributed by atoms with E-state index in [4.69, 9.17) is 0 Å². The lowest BCUT2D eigenvalue weighted by Gasteiger charge is -2.16. The molecule has 0 aliphatic rings. The molecule has 1 atom stereocenters. The Hall–Kier alpha value is -1.41. The fraction of sp³-hybridized carbons (Fsp3) is 0.357. The number of benzene rings is 1. The Morgan fingerprint density at radius 3 is 2.81 bits per heavy atom. The van der Waals surface area contributed by atoms with Crippen LogP contribution in [-0.4, -0.2) is 11.5 Å². The highest BCUT2D eigenvalue weighted by atomic mass is 14.9. The van der Waals surface area contributed by atoms with Crippen LogP contribution in [0, 0.1) is 0 Å². The van der Waals surface area contributed by atoms with Gasteiger partial charge >= 0.3 is 0 Å². The topological polar surface area (TPSA) is 24.9 Å². The van der Waals surface area contributed by atoms with Gasteiger partial charge in [0.25, 0.3) is 0 Å². The summed E-state index contributed by atoms with van der Waals surface area (Å²) in [6, 6.07) is 10.9. The molecule has 2 rings (SSSR count). The highest BCUT2D eigenvalue weighted by Crippen LogP contribution is 2.20. The van der Waals surface area contributed by atoms with Gasteiger partial charge in [-0.1, -0.05) is 32.0 Å². The number of nitrogens with zero attached hydrogens (tertiary/aromatic N) is 1. The van der Waals surface area contributed by atoms with Gasteiger partial charge in [0.05, 0.1) is 5.52 Å². The molecule has 16 heavy (non-hydrogen) atoms. The number of hydrogen-bond donors (Lipinski definition) is 1. The Balaban J connectivity index is 2.37. The van der Waals surface area contributed by atoms with Crippen LogP contribution in [0.25, 0.3) is 10.9 Å². The first-order valence-corrected chi connectivity index (χ1v) is 5.93. The molecule has 1 heterocycles. The van der Waals surface area contributed by atoms with Crippen LogP contribution in [0.5, 0.6) is 0 Å². The molecule has 2 nitrogen and oxygen atoms in total. The average molecular weight is 214 g/mol. The molecule has 0 aliphatic carbocycles. The zero-order valence-electron chi connectivity index (χ0n) is 9.90. The molecule has 0 fully saturated rings. The molecule has 1 aromatic carbocycles. The minimum atomic E-state index is 0.419. The van der Waals surface area contributed by atoms with Crippen molar-refractivity contribution >= 4 is 10.9 Å². The second kappa shape index (κ2) is 5.08. The van der Waals surface area contributed by atoms with Crippen LogP contribution in [-0.2, 0) is 0 Å². The highest BCUT2D eigenvalue weighted by Gasteiger charge is 2.08. The largest absolute Gasteiger partial charge is 0.310 e. The summed E-state index contributed by atoms with van der Waals surface area (Å²) in [4.78, 5) is 4.49. The van der Waals surface area contributed by atoms with E-state index in [1.165, 1.54) is 10.9 Å². The maximum Gasteiger partial charge on any atom is 0.0702 e. The monoisotopic (exact) mass is 214 g/mol. The van der Waals surface area contributed by atoms with Crippen molar-refractivity contribution < 1.29 is 0 Å².